The van der Waals surface area contributed by atoms with E-state index in [2.05, 4.69) is 0 Å². The van der Waals surface area contributed by atoms with Crippen LogP contribution in [0.1, 0.15) is 24.8 Å². The molecule has 1 heterocycles. The van der Waals surface area contributed by atoms with Gasteiger partial charge in [-0.1, -0.05) is 12.1 Å². The Morgan fingerprint density at radius 3 is 2.58 bits per heavy atom. The Balaban J connectivity index is 1.86. The van der Waals surface area contributed by atoms with Crippen LogP contribution in [0.5, 0.6) is 5.75 Å². The molecule has 0 unspecified atom stereocenters. The van der Waals surface area contributed by atoms with Gasteiger partial charge in [-0.3, -0.25) is 9.59 Å². The Morgan fingerprint density at radius 1 is 1.29 bits per heavy atom. The first kappa shape index (κ1) is 18.3. The van der Waals surface area contributed by atoms with Crippen LogP contribution in [0, 0.1) is 12.3 Å². The molecule has 1 aromatic carbocycles. The third-order valence-electron chi connectivity index (χ3n) is 4.73. The normalized spacial score (nSPS) is 16.7. The molecule has 1 aromatic rings. The van der Waals surface area contributed by atoms with Gasteiger partial charge >= 0.3 is 0 Å². The molecule has 0 radical (unpaired) electrons. The van der Waals surface area contributed by atoms with Crippen molar-refractivity contribution < 1.29 is 19.1 Å². The van der Waals surface area contributed by atoms with Crippen LogP contribution in [0.4, 0.5) is 0 Å². The van der Waals surface area contributed by atoms with Crippen molar-refractivity contribution in [3.63, 3.8) is 0 Å². The molecule has 1 aliphatic rings. The minimum Gasteiger partial charge on any atom is -0.484 e. The quantitative estimate of drug-likeness (QED) is 0.819. The van der Waals surface area contributed by atoms with Gasteiger partial charge in [0.25, 0.3) is 5.91 Å². The lowest BCUT2D eigenvalue weighted by Crippen LogP contribution is -2.50. The highest BCUT2D eigenvalue weighted by molar-refractivity contribution is 5.82. The van der Waals surface area contributed by atoms with Gasteiger partial charge in [0.2, 0.25) is 5.91 Å². The molecule has 0 spiro atoms. The zero-order valence-electron chi connectivity index (χ0n) is 14.4. The number of benzene rings is 1. The molecule has 1 fully saturated rings. The molecule has 2 N–H and O–H groups in total. The number of nitrogens with two attached hydrogens (primary N) is 1. The Hall–Kier alpha value is -2.08. The third kappa shape index (κ3) is 4.47. The minimum absolute atomic E-state index is 0.00506. The van der Waals surface area contributed by atoms with Crippen molar-refractivity contribution >= 4 is 11.8 Å². The fraction of sp³-hybridized carbons (Fsp3) is 0.556. The van der Waals surface area contributed by atoms with Gasteiger partial charge in [0.15, 0.2) is 6.61 Å². The van der Waals surface area contributed by atoms with Crippen LogP contribution in [0.25, 0.3) is 0 Å². The molecule has 0 saturated carbocycles. The number of piperidine rings is 1. The molecular formula is C18H26N2O4. The van der Waals surface area contributed by atoms with Crippen molar-refractivity contribution in [3.8, 4) is 5.75 Å². The number of aryl methyl sites for hydroxylation is 1. The molecule has 2 rings (SSSR count). The minimum atomic E-state index is -0.565. The number of amides is 2. The fourth-order valence-electron chi connectivity index (χ4n) is 3.04. The smallest absolute Gasteiger partial charge is 0.260 e. The van der Waals surface area contributed by atoms with E-state index in [4.69, 9.17) is 15.2 Å². The summed E-state index contributed by atoms with van der Waals surface area (Å²) in [5.41, 5.74) is 6.11. The zero-order chi connectivity index (χ0) is 17.6. The van der Waals surface area contributed by atoms with Crippen LogP contribution < -0.4 is 10.5 Å². The highest BCUT2D eigenvalue weighted by atomic mass is 16.5. The van der Waals surface area contributed by atoms with Crippen LogP contribution in [-0.2, 0) is 14.3 Å². The number of hydrogen-bond donors (Lipinski definition) is 1. The molecule has 1 aliphatic heterocycles. The third-order valence-corrected chi connectivity index (χ3v) is 4.73. The lowest BCUT2D eigenvalue weighted by atomic mass is 9.75. The topological polar surface area (TPSA) is 81.9 Å². The number of primary amides is 1. The van der Waals surface area contributed by atoms with E-state index < -0.39 is 5.41 Å². The molecule has 6 heteroatoms. The lowest BCUT2D eigenvalue weighted by Gasteiger charge is -2.39. The van der Waals surface area contributed by atoms with E-state index in [1.165, 1.54) is 0 Å². The number of carbonyl (C=O) groups is 2. The average molecular weight is 334 g/mol. The van der Waals surface area contributed by atoms with Crippen LogP contribution in [0.3, 0.4) is 0 Å². The number of ether oxygens (including phenoxy) is 2. The van der Waals surface area contributed by atoms with Gasteiger partial charge in [-0.25, -0.2) is 0 Å². The largest absolute Gasteiger partial charge is 0.484 e. The van der Waals surface area contributed by atoms with E-state index in [1.54, 1.807) is 12.0 Å². The molecule has 0 atom stereocenters. The van der Waals surface area contributed by atoms with Gasteiger partial charge in [-0.2, -0.15) is 0 Å². The van der Waals surface area contributed by atoms with E-state index in [-0.39, 0.29) is 18.4 Å². The standard InChI is InChI=1S/C18H26N2O4/c1-14-4-3-5-15(12-14)24-13-16(21)20-9-6-18(7-10-20,17(19)22)8-11-23-2/h3-5,12H,6-11,13H2,1-2H3,(H2,19,22). The van der Waals surface area contributed by atoms with Crippen molar-refractivity contribution in [2.75, 3.05) is 33.4 Å². The number of rotatable bonds is 7. The molecule has 24 heavy (non-hydrogen) atoms. The SMILES string of the molecule is COCCC1(C(N)=O)CCN(C(=O)COc2cccc(C)c2)CC1. The van der Waals surface area contributed by atoms with Crippen molar-refractivity contribution in [1.29, 1.82) is 0 Å². The number of likely N-dealkylation sites (tertiary alicyclic amines) is 1. The first-order chi connectivity index (χ1) is 11.5. The summed E-state index contributed by atoms with van der Waals surface area (Å²) in [5.74, 6) is 0.316. The summed E-state index contributed by atoms with van der Waals surface area (Å²) in [6, 6.07) is 7.60. The van der Waals surface area contributed by atoms with E-state index in [0.717, 1.165) is 5.56 Å². The van der Waals surface area contributed by atoms with Crippen molar-refractivity contribution in [2.45, 2.75) is 26.2 Å². The molecular weight excluding hydrogens is 308 g/mol. The Kier molecular flexibility index (Phi) is 6.20. The van der Waals surface area contributed by atoms with Gasteiger partial charge < -0.3 is 20.1 Å². The van der Waals surface area contributed by atoms with Gasteiger partial charge in [0.1, 0.15) is 5.75 Å². The second-order valence-corrected chi connectivity index (χ2v) is 6.37. The van der Waals surface area contributed by atoms with Crippen LogP contribution in [0.2, 0.25) is 0 Å². The Bertz CT molecular complexity index is 580. The molecule has 132 valence electrons. The second kappa shape index (κ2) is 8.15. The van der Waals surface area contributed by atoms with Gasteiger partial charge in [-0.05, 0) is 43.9 Å². The van der Waals surface area contributed by atoms with Crippen LogP contribution in [0.15, 0.2) is 24.3 Å². The molecule has 0 aliphatic carbocycles. The van der Waals surface area contributed by atoms with Gasteiger partial charge in [0.05, 0.1) is 5.41 Å². The summed E-state index contributed by atoms with van der Waals surface area (Å²) < 4.78 is 10.6. The van der Waals surface area contributed by atoms with Gasteiger partial charge in [-0.15, -0.1) is 0 Å². The van der Waals surface area contributed by atoms with E-state index in [0.29, 0.717) is 44.7 Å². The number of carbonyl (C=O) groups excluding carboxylic acids is 2. The predicted molar refractivity (Wildman–Crippen MR) is 90.6 cm³/mol. The number of nitrogens with zero attached hydrogens (tertiary/aromatic N) is 1. The highest BCUT2D eigenvalue weighted by Gasteiger charge is 2.40. The number of hydrogen-bond acceptors (Lipinski definition) is 4. The van der Waals surface area contributed by atoms with Gasteiger partial charge in [0, 0.05) is 26.8 Å². The van der Waals surface area contributed by atoms with Crippen LogP contribution >= 0.6 is 0 Å². The van der Waals surface area contributed by atoms with Crippen molar-refractivity contribution in [1.82, 2.24) is 4.90 Å². The molecule has 0 aromatic heterocycles. The molecule has 0 bridgehead atoms. The molecule has 1 saturated heterocycles. The molecule has 6 nitrogen and oxygen atoms in total. The zero-order valence-corrected chi connectivity index (χ0v) is 14.4. The van der Waals surface area contributed by atoms with E-state index in [9.17, 15) is 9.59 Å². The van der Waals surface area contributed by atoms with E-state index >= 15 is 0 Å². The monoisotopic (exact) mass is 334 g/mol. The van der Waals surface area contributed by atoms with E-state index in [1.807, 2.05) is 31.2 Å². The first-order valence-electron chi connectivity index (χ1n) is 8.23. The van der Waals surface area contributed by atoms with Crippen molar-refractivity contribution in [3.05, 3.63) is 29.8 Å². The summed E-state index contributed by atoms with van der Waals surface area (Å²) in [5, 5.41) is 0. The van der Waals surface area contributed by atoms with Crippen molar-refractivity contribution in [2.24, 2.45) is 11.1 Å². The molecule has 2 amide bonds. The second-order valence-electron chi connectivity index (χ2n) is 6.37. The first-order valence-corrected chi connectivity index (χ1v) is 8.23. The maximum Gasteiger partial charge on any atom is 0.260 e. The maximum absolute atomic E-state index is 12.3. The highest BCUT2D eigenvalue weighted by Crippen LogP contribution is 2.34. The number of methoxy groups -OCH3 is 1. The average Bonchev–Trinajstić information content (AvgIpc) is 2.58. The summed E-state index contributed by atoms with van der Waals surface area (Å²) in [6.45, 7) is 3.51. The maximum atomic E-state index is 12.3. The Morgan fingerprint density at radius 2 is 2.00 bits per heavy atom. The Labute approximate surface area is 142 Å². The summed E-state index contributed by atoms with van der Waals surface area (Å²) in [4.78, 5) is 25.9. The summed E-state index contributed by atoms with van der Waals surface area (Å²) in [6.07, 6.45) is 1.74. The summed E-state index contributed by atoms with van der Waals surface area (Å²) in [7, 11) is 1.61. The predicted octanol–water partition coefficient (Wildman–Crippen LogP) is 1.50. The summed E-state index contributed by atoms with van der Waals surface area (Å²) >= 11 is 0. The van der Waals surface area contributed by atoms with Crippen LogP contribution in [-0.4, -0.2) is 50.1 Å². The fourth-order valence-corrected chi connectivity index (χ4v) is 3.04. The lowest BCUT2D eigenvalue weighted by molar-refractivity contribution is -0.141.